The molecule has 0 bridgehead atoms. The number of carbonyl (C=O) groups excluding carboxylic acids is 1. The Morgan fingerprint density at radius 1 is 1.39 bits per heavy atom. The van der Waals surface area contributed by atoms with Crippen molar-refractivity contribution in [1.29, 1.82) is 0 Å². The van der Waals surface area contributed by atoms with Crippen molar-refractivity contribution in [3.8, 4) is 0 Å². The van der Waals surface area contributed by atoms with Gasteiger partial charge in [-0.05, 0) is 17.7 Å². The van der Waals surface area contributed by atoms with Gasteiger partial charge in [0.2, 0.25) is 5.82 Å². The monoisotopic (exact) mass is 314 g/mol. The van der Waals surface area contributed by atoms with Crippen LogP contribution in [0.1, 0.15) is 27.3 Å². The molecular weight excluding hydrogens is 303 g/mol. The number of pyridine rings is 1. The van der Waals surface area contributed by atoms with E-state index in [0.29, 0.717) is 12.0 Å². The quantitative estimate of drug-likeness (QED) is 0.425. The van der Waals surface area contributed by atoms with Crippen LogP contribution in [0.25, 0.3) is 5.76 Å². The van der Waals surface area contributed by atoms with Gasteiger partial charge in [-0.3, -0.25) is 14.9 Å². The summed E-state index contributed by atoms with van der Waals surface area (Å²) in [6, 6.07) is 2.50. The molecule has 0 fully saturated rings. The van der Waals surface area contributed by atoms with E-state index in [1.165, 1.54) is 12.6 Å². The van der Waals surface area contributed by atoms with Crippen LogP contribution < -0.4 is 0 Å². The van der Waals surface area contributed by atoms with Crippen molar-refractivity contribution in [1.82, 2.24) is 20.2 Å². The molecule has 0 saturated carbocycles. The number of aliphatic hydroxyl groups excluding tert-OH is 1. The lowest BCUT2D eigenvalue weighted by molar-refractivity contribution is 0.103. The second kappa shape index (κ2) is 6.22. The molecule has 0 aliphatic heterocycles. The molecular formula is C15H11FN4O3. The fraction of sp³-hybridized carbons (Fsp3) is 0.0667. The predicted octanol–water partition coefficient (Wildman–Crippen LogP) is 2.30. The number of ketones is 1. The fourth-order valence-electron chi connectivity index (χ4n) is 2.07. The van der Waals surface area contributed by atoms with E-state index in [9.17, 15) is 14.3 Å². The molecule has 0 spiro atoms. The number of allylic oxidation sites excluding steroid dienone is 1. The Kier molecular flexibility index (Phi) is 3.96. The van der Waals surface area contributed by atoms with Gasteiger partial charge in [0, 0.05) is 30.5 Å². The number of nitrogens with zero attached hydrogens (tertiary/aromatic N) is 3. The number of aromatic nitrogens is 4. The van der Waals surface area contributed by atoms with Crippen molar-refractivity contribution in [2.75, 3.05) is 0 Å². The number of aromatic amines is 1. The maximum atomic E-state index is 13.8. The Morgan fingerprint density at radius 2 is 2.17 bits per heavy atom. The lowest BCUT2D eigenvalue weighted by Crippen LogP contribution is -2.03. The molecule has 3 aromatic heterocycles. The van der Waals surface area contributed by atoms with Crippen LogP contribution in [-0.4, -0.2) is 31.1 Å². The molecule has 0 radical (unpaired) electrons. The van der Waals surface area contributed by atoms with Gasteiger partial charge in [-0.25, -0.2) is 4.98 Å². The topological polar surface area (TPSA) is 105 Å². The molecule has 116 valence electrons. The third-order valence-corrected chi connectivity index (χ3v) is 3.12. The number of aliphatic hydroxyl groups is 1. The minimum Gasteiger partial charge on any atom is -0.504 e. The zero-order chi connectivity index (χ0) is 16.2. The molecule has 3 aromatic rings. The first kappa shape index (κ1) is 14.6. The number of rotatable bonds is 5. The smallest absolute Gasteiger partial charge is 0.289 e. The highest BCUT2D eigenvalue weighted by molar-refractivity contribution is 6.08. The third-order valence-electron chi connectivity index (χ3n) is 3.12. The molecule has 8 heteroatoms. The fourth-order valence-corrected chi connectivity index (χ4v) is 2.07. The molecule has 0 unspecified atom stereocenters. The summed E-state index contributed by atoms with van der Waals surface area (Å²) in [7, 11) is 0. The highest BCUT2D eigenvalue weighted by Crippen LogP contribution is 2.21. The Labute approximate surface area is 129 Å². The zero-order valence-electron chi connectivity index (χ0n) is 11.7. The number of H-pyrrole nitrogens is 1. The molecule has 2 N–H and O–H groups in total. The molecule has 0 aliphatic rings. The van der Waals surface area contributed by atoms with E-state index < -0.39 is 17.6 Å². The van der Waals surface area contributed by atoms with Crippen molar-refractivity contribution in [2.45, 2.75) is 6.42 Å². The van der Waals surface area contributed by atoms with Gasteiger partial charge < -0.3 is 9.52 Å². The average Bonchev–Trinajstić information content (AvgIpc) is 3.18. The number of carbonyl (C=O) groups is 1. The summed E-state index contributed by atoms with van der Waals surface area (Å²) in [5.41, 5.74) is 0.985. The van der Waals surface area contributed by atoms with Gasteiger partial charge in [0.05, 0.1) is 6.26 Å². The molecule has 0 amide bonds. The second-order valence-corrected chi connectivity index (χ2v) is 4.66. The van der Waals surface area contributed by atoms with Gasteiger partial charge in [-0.2, -0.15) is 9.49 Å². The van der Waals surface area contributed by atoms with Gasteiger partial charge in [0.1, 0.15) is 11.9 Å². The Balaban J connectivity index is 1.89. The SMILES string of the molecule is O=C(C=C(O)c1nc[nH]n1)c1c(Cc2ccncc2)coc1F. The van der Waals surface area contributed by atoms with Crippen molar-refractivity contribution in [2.24, 2.45) is 0 Å². The van der Waals surface area contributed by atoms with E-state index in [-0.39, 0.29) is 11.4 Å². The lowest BCUT2D eigenvalue weighted by atomic mass is 10.0. The second-order valence-electron chi connectivity index (χ2n) is 4.66. The molecule has 0 aromatic carbocycles. The van der Waals surface area contributed by atoms with Crippen LogP contribution in [0.3, 0.4) is 0 Å². The summed E-state index contributed by atoms with van der Waals surface area (Å²) in [4.78, 5) is 19.8. The molecule has 23 heavy (non-hydrogen) atoms. The summed E-state index contributed by atoms with van der Waals surface area (Å²) in [6.45, 7) is 0. The molecule has 0 atom stereocenters. The molecule has 7 nitrogen and oxygen atoms in total. The number of hydrogen-bond acceptors (Lipinski definition) is 6. The van der Waals surface area contributed by atoms with E-state index >= 15 is 0 Å². The van der Waals surface area contributed by atoms with Crippen molar-refractivity contribution < 1.29 is 18.7 Å². The van der Waals surface area contributed by atoms with Crippen molar-refractivity contribution in [3.63, 3.8) is 0 Å². The maximum Gasteiger partial charge on any atom is 0.289 e. The Hall–Kier alpha value is -3.29. The van der Waals surface area contributed by atoms with Gasteiger partial charge >= 0.3 is 0 Å². The summed E-state index contributed by atoms with van der Waals surface area (Å²) < 4.78 is 18.5. The molecule has 0 aliphatic carbocycles. The van der Waals surface area contributed by atoms with Crippen LogP contribution in [0.5, 0.6) is 0 Å². The Bertz CT molecular complexity index is 841. The van der Waals surface area contributed by atoms with E-state index in [2.05, 4.69) is 20.2 Å². The largest absolute Gasteiger partial charge is 0.504 e. The first-order valence-corrected chi connectivity index (χ1v) is 6.61. The number of nitrogens with one attached hydrogen (secondary N) is 1. The van der Waals surface area contributed by atoms with Crippen molar-refractivity contribution in [3.05, 3.63) is 71.7 Å². The predicted molar refractivity (Wildman–Crippen MR) is 77.0 cm³/mol. The van der Waals surface area contributed by atoms with Crippen LogP contribution in [-0.2, 0) is 6.42 Å². The summed E-state index contributed by atoms with van der Waals surface area (Å²) in [5.74, 6) is -1.26. The average molecular weight is 314 g/mol. The summed E-state index contributed by atoms with van der Waals surface area (Å²) in [5, 5.41) is 15.8. The number of hydrogen-bond donors (Lipinski definition) is 2. The van der Waals surface area contributed by atoms with Crippen LogP contribution in [0, 0.1) is 6.01 Å². The molecule has 3 rings (SSSR count). The standard InChI is InChI=1S/C15H11FN4O3/c16-14-13(11(21)6-12(22)15-18-8-19-20-15)10(7-23-14)5-9-1-3-17-4-2-9/h1-4,6-8,22H,5H2,(H,18,19,20). The molecule has 3 heterocycles. The van der Waals surface area contributed by atoms with Gasteiger partial charge in [-0.1, -0.05) is 0 Å². The number of halogens is 1. The van der Waals surface area contributed by atoms with Crippen LogP contribution in [0.15, 0.2) is 47.6 Å². The minimum absolute atomic E-state index is 0.0575. The first-order valence-electron chi connectivity index (χ1n) is 6.61. The molecule has 0 saturated heterocycles. The van der Waals surface area contributed by atoms with E-state index in [4.69, 9.17) is 4.42 Å². The normalized spacial score (nSPS) is 11.6. The van der Waals surface area contributed by atoms with Crippen LogP contribution >= 0.6 is 0 Å². The lowest BCUT2D eigenvalue weighted by Gasteiger charge is -2.01. The summed E-state index contributed by atoms with van der Waals surface area (Å²) in [6.07, 6.45) is 6.78. The van der Waals surface area contributed by atoms with Gasteiger partial charge in [0.25, 0.3) is 6.01 Å². The Morgan fingerprint density at radius 3 is 2.87 bits per heavy atom. The van der Waals surface area contributed by atoms with E-state index in [0.717, 1.165) is 11.6 Å². The highest BCUT2D eigenvalue weighted by atomic mass is 19.1. The third kappa shape index (κ3) is 3.15. The van der Waals surface area contributed by atoms with Gasteiger partial charge in [0.15, 0.2) is 11.5 Å². The highest BCUT2D eigenvalue weighted by Gasteiger charge is 2.21. The maximum absolute atomic E-state index is 13.8. The zero-order valence-corrected chi connectivity index (χ0v) is 11.7. The van der Waals surface area contributed by atoms with Gasteiger partial charge in [-0.15, -0.1) is 0 Å². The van der Waals surface area contributed by atoms with E-state index in [1.54, 1.807) is 24.5 Å². The minimum atomic E-state index is -1.00. The summed E-state index contributed by atoms with van der Waals surface area (Å²) >= 11 is 0. The number of furan rings is 1. The first-order chi connectivity index (χ1) is 11.1. The van der Waals surface area contributed by atoms with Crippen molar-refractivity contribution >= 4 is 11.5 Å². The van der Waals surface area contributed by atoms with Crippen LogP contribution in [0.4, 0.5) is 4.39 Å². The van der Waals surface area contributed by atoms with Crippen LogP contribution in [0.2, 0.25) is 0 Å². The van der Waals surface area contributed by atoms with E-state index in [1.807, 2.05) is 0 Å².